The maximum absolute atomic E-state index is 9.42. The standard InChI is InChI=1S/C18H29NO2/c1-2-3-4-5-6-7-8-9-10-11-12-13-14-15-18(21)17(19)16-20/h14-15,17-18,20-21H,2-9,16,19H2,1H3/b15-14+/t17-,18+/m0/s1. The highest BCUT2D eigenvalue weighted by Gasteiger charge is 2.08. The Morgan fingerprint density at radius 2 is 1.71 bits per heavy atom. The molecular weight excluding hydrogens is 262 g/mol. The van der Waals surface area contributed by atoms with E-state index in [0.717, 1.165) is 12.8 Å². The first-order valence-electron chi connectivity index (χ1n) is 7.92. The summed E-state index contributed by atoms with van der Waals surface area (Å²) in [5.41, 5.74) is 5.44. The summed E-state index contributed by atoms with van der Waals surface area (Å²) in [6, 6.07) is -0.661. The first kappa shape index (κ1) is 19.7. The summed E-state index contributed by atoms with van der Waals surface area (Å²) in [5, 5.41) is 18.2. The number of nitrogens with two attached hydrogens (primary N) is 1. The van der Waals surface area contributed by atoms with Crippen LogP contribution in [-0.4, -0.2) is 29.0 Å². The van der Waals surface area contributed by atoms with Crippen molar-refractivity contribution in [3.63, 3.8) is 0 Å². The molecule has 0 heterocycles. The van der Waals surface area contributed by atoms with Crippen molar-refractivity contribution in [3.8, 4) is 23.7 Å². The van der Waals surface area contributed by atoms with Gasteiger partial charge in [0.25, 0.3) is 0 Å². The second-order valence-electron chi connectivity index (χ2n) is 5.14. The van der Waals surface area contributed by atoms with Crippen LogP contribution in [0.5, 0.6) is 0 Å². The Hall–Kier alpha value is -1.26. The summed E-state index contributed by atoms with van der Waals surface area (Å²) >= 11 is 0. The fraction of sp³-hybridized carbons (Fsp3) is 0.667. The van der Waals surface area contributed by atoms with E-state index in [1.807, 2.05) is 0 Å². The molecule has 3 heteroatoms. The van der Waals surface area contributed by atoms with E-state index in [-0.39, 0.29) is 6.61 Å². The predicted octanol–water partition coefficient (Wildman–Crippen LogP) is 2.37. The van der Waals surface area contributed by atoms with Gasteiger partial charge in [0.05, 0.1) is 18.8 Å². The van der Waals surface area contributed by atoms with E-state index in [1.54, 1.807) is 0 Å². The lowest BCUT2D eigenvalue weighted by molar-refractivity contribution is 0.144. The van der Waals surface area contributed by atoms with E-state index in [2.05, 4.69) is 30.6 Å². The molecule has 0 fully saturated rings. The topological polar surface area (TPSA) is 66.5 Å². The molecule has 0 aliphatic heterocycles. The second-order valence-corrected chi connectivity index (χ2v) is 5.14. The molecule has 0 aliphatic rings. The van der Waals surface area contributed by atoms with Crippen LogP contribution in [0.1, 0.15) is 58.3 Å². The fourth-order valence-electron chi connectivity index (χ4n) is 1.75. The quantitative estimate of drug-likeness (QED) is 0.427. The third kappa shape index (κ3) is 13.5. The molecule has 0 aromatic heterocycles. The Balaban J connectivity index is 3.62. The molecule has 0 rings (SSSR count). The van der Waals surface area contributed by atoms with Crippen molar-refractivity contribution in [2.75, 3.05) is 6.61 Å². The molecule has 0 radical (unpaired) electrons. The van der Waals surface area contributed by atoms with E-state index in [9.17, 15) is 5.11 Å². The summed E-state index contributed by atoms with van der Waals surface area (Å²) in [6.45, 7) is 1.98. The van der Waals surface area contributed by atoms with Gasteiger partial charge in [-0.1, -0.05) is 57.3 Å². The molecule has 3 nitrogen and oxygen atoms in total. The van der Waals surface area contributed by atoms with Crippen molar-refractivity contribution in [1.29, 1.82) is 0 Å². The van der Waals surface area contributed by atoms with E-state index < -0.39 is 12.1 Å². The molecule has 0 saturated carbocycles. The average Bonchev–Trinajstić information content (AvgIpc) is 2.50. The van der Waals surface area contributed by atoms with Gasteiger partial charge >= 0.3 is 0 Å². The van der Waals surface area contributed by atoms with E-state index in [1.165, 1.54) is 50.7 Å². The molecule has 0 spiro atoms. The van der Waals surface area contributed by atoms with Gasteiger partial charge in [-0.3, -0.25) is 0 Å². The predicted molar refractivity (Wildman–Crippen MR) is 88.4 cm³/mol. The maximum atomic E-state index is 9.42. The summed E-state index contributed by atoms with van der Waals surface area (Å²) in [5.74, 6) is 11.2. The highest BCUT2D eigenvalue weighted by Crippen LogP contribution is 2.07. The lowest BCUT2D eigenvalue weighted by Crippen LogP contribution is -2.36. The zero-order chi connectivity index (χ0) is 15.8. The monoisotopic (exact) mass is 291 g/mol. The minimum atomic E-state index is -0.870. The molecule has 118 valence electrons. The van der Waals surface area contributed by atoms with Crippen LogP contribution in [0.25, 0.3) is 0 Å². The Morgan fingerprint density at radius 1 is 1.05 bits per heavy atom. The van der Waals surface area contributed by atoms with Crippen molar-refractivity contribution < 1.29 is 10.2 Å². The highest BCUT2D eigenvalue weighted by atomic mass is 16.3. The van der Waals surface area contributed by atoms with Gasteiger partial charge in [-0.25, -0.2) is 0 Å². The number of allylic oxidation sites excluding steroid dienone is 1. The van der Waals surface area contributed by atoms with Crippen LogP contribution in [0, 0.1) is 23.7 Å². The molecule has 0 aromatic carbocycles. The van der Waals surface area contributed by atoms with Crippen LogP contribution in [0.3, 0.4) is 0 Å². The van der Waals surface area contributed by atoms with Crippen LogP contribution in [0.15, 0.2) is 12.2 Å². The van der Waals surface area contributed by atoms with Gasteiger partial charge in [-0.2, -0.15) is 0 Å². The van der Waals surface area contributed by atoms with Gasteiger partial charge < -0.3 is 15.9 Å². The molecular formula is C18H29NO2. The number of aliphatic hydroxyl groups excluding tert-OH is 2. The van der Waals surface area contributed by atoms with Gasteiger partial charge in [0.1, 0.15) is 0 Å². The van der Waals surface area contributed by atoms with Crippen molar-refractivity contribution in [1.82, 2.24) is 0 Å². The van der Waals surface area contributed by atoms with Crippen LogP contribution in [0.4, 0.5) is 0 Å². The molecule has 0 bridgehead atoms. The largest absolute Gasteiger partial charge is 0.395 e. The first-order chi connectivity index (χ1) is 10.2. The zero-order valence-corrected chi connectivity index (χ0v) is 13.1. The van der Waals surface area contributed by atoms with Crippen LogP contribution >= 0.6 is 0 Å². The van der Waals surface area contributed by atoms with Crippen molar-refractivity contribution in [2.45, 2.75) is 70.4 Å². The van der Waals surface area contributed by atoms with Crippen LogP contribution in [0.2, 0.25) is 0 Å². The van der Waals surface area contributed by atoms with Crippen LogP contribution in [-0.2, 0) is 0 Å². The minimum absolute atomic E-state index is 0.253. The van der Waals surface area contributed by atoms with Gasteiger partial charge in [-0.15, -0.1) is 0 Å². The Kier molecular flexibility index (Phi) is 14.2. The average molecular weight is 291 g/mol. The minimum Gasteiger partial charge on any atom is -0.395 e. The first-order valence-corrected chi connectivity index (χ1v) is 7.92. The van der Waals surface area contributed by atoms with Gasteiger partial charge in [0, 0.05) is 6.42 Å². The third-order valence-electron chi connectivity index (χ3n) is 3.15. The SMILES string of the molecule is CCCCCCCCCC#CC#C/C=C/[C@@H](O)[C@@H](N)CO. The van der Waals surface area contributed by atoms with Gasteiger partial charge in [-0.05, 0) is 30.4 Å². The molecule has 0 aliphatic carbocycles. The van der Waals surface area contributed by atoms with E-state index in [4.69, 9.17) is 10.8 Å². The summed E-state index contributed by atoms with van der Waals surface area (Å²) in [7, 11) is 0. The van der Waals surface area contributed by atoms with E-state index in [0.29, 0.717) is 0 Å². The lowest BCUT2D eigenvalue weighted by atomic mass is 10.1. The molecule has 4 N–H and O–H groups in total. The molecule has 0 unspecified atom stereocenters. The molecule has 0 aromatic rings. The smallest absolute Gasteiger partial charge is 0.0903 e. The van der Waals surface area contributed by atoms with Gasteiger partial charge in [0.15, 0.2) is 0 Å². The van der Waals surface area contributed by atoms with Crippen LogP contribution < -0.4 is 5.73 Å². The van der Waals surface area contributed by atoms with Crippen molar-refractivity contribution in [2.24, 2.45) is 5.73 Å². The number of rotatable bonds is 10. The summed E-state index contributed by atoms with van der Waals surface area (Å²) in [4.78, 5) is 0. The van der Waals surface area contributed by atoms with Crippen molar-refractivity contribution >= 4 is 0 Å². The molecule has 2 atom stereocenters. The van der Waals surface area contributed by atoms with Crippen molar-refractivity contribution in [3.05, 3.63) is 12.2 Å². The maximum Gasteiger partial charge on any atom is 0.0903 e. The lowest BCUT2D eigenvalue weighted by Gasteiger charge is -2.10. The highest BCUT2D eigenvalue weighted by molar-refractivity contribution is 5.31. The normalized spacial score (nSPS) is 13.1. The molecule has 0 saturated heterocycles. The fourth-order valence-corrected chi connectivity index (χ4v) is 1.75. The zero-order valence-electron chi connectivity index (χ0n) is 13.1. The Labute approximate surface area is 129 Å². The molecule has 21 heavy (non-hydrogen) atoms. The number of hydrogen-bond donors (Lipinski definition) is 3. The Bertz CT molecular complexity index is 381. The third-order valence-corrected chi connectivity index (χ3v) is 3.15. The van der Waals surface area contributed by atoms with Gasteiger partial charge in [0.2, 0.25) is 0 Å². The summed E-state index contributed by atoms with van der Waals surface area (Å²) < 4.78 is 0. The number of hydrogen-bond acceptors (Lipinski definition) is 3. The molecule has 0 amide bonds. The number of unbranched alkanes of at least 4 members (excludes halogenated alkanes) is 7. The van der Waals surface area contributed by atoms with E-state index >= 15 is 0 Å². The summed E-state index contributed by atoms with van der Waals surface area (Å²) in [6.07, 6.45) is 12.0. The Morgan fingerprint density at radius 3 is 2.38 bits per heavy atom. The second kappa shape index (κ2) is 15.1. The number of aliphatic hydroxyl groups is 2.